The quantitative estimate of drug-likeness (QED) is 0.875. The van der Waals surface area contributed by atoms with Gasteiger partial charge in [0.25, 0.3) is 10.0 Å². The van der Waals surface area contributed by atoms with E-state index in [1.807, 2.05) is 6.92 Å². The second-order valence-corrected chi connectivity index (χ2v) is 8.40. The molecule has 1 aromatic rings. The first-order valence-corrected chi connectivity index (χ1v) is 8.04. The molecule has 1 aliphatic rings. The Morgan fingerprint density at radius 3 is 2.76 bits per heavy atom. The highest BCUT2D eigenvalue weighted by atomic mass is 79.9. The fourth-order valence-electron chi connectivity index (χ4n) is 1.68. The minimum atomic E-state index is -3.29. The minimum Gasteiger partial charge on any atom is -0.312 e. The SMILES string of the molecule is C[C@H]1CN(S(=O)(=O)c2ccc(Br)s2)CCN1.Cl. The fraction of sp³-hybridized carbons (Fsp3) is 0.556. The topological polar surface area (TPSA) is 49.4 Å². The molecule has 1 aromatic heterocycles. The van der Waals surface area contributed by atoms with E-state index >= 15 is 0 Å². The fourth-order valence-corrected chi connectivity index (χ4v) is 5.37. The Hall–Kier alpha value is 0.340. The third-order valence-electron chi connectivity index (χ3n) is 2.47. The first-order chi connectivity index (χ1) is 7.50. The van der Waals surface area contributed by atoms with Crippen molar-refractivity contribution in [1.29, 1.82) is 0 Å². The molecule has 98 valence electrons. The molecule has 0 spiro atoms. The van der Waals surface area contributed by atoms with E-state index in [1.165, 1.54) is 11.3 Å². The van der Waals surface area contributed by atoms with Gasteiger partial charge in [-0.1, -0.05) is 0 Å². The van der Waals surface area contributed by atoms with Gasteiger partial charge in [0.05, 0.1) is 3.79 Å². The molecule has 8 heteroatoms. The van der Waals surface area contributed by atoms with Gasteiger partial charge in [0, 0.05) is 25.7 Å². The molecule has 0 unspecified atom stereocenters. The smallest absolute Gasteiger partial charge is 0.252 e. The van der Waals surface area contributed by atoms with Crippen LogP contribution in [0.4, 0.5) is 0 Å². The summed E-state index contributed by atoms with van der Waals surface area (Å²) in [5.41, 5.74) is 0. The van der Waals surface area contributed by atoms with Crippen LogP contribution in [0.15, 0.2) is 20.1 Å². The van der Waals surface area contributed by atoms with Crippen LogP contribution >= 0.6 is 39.7 Å². The molecule has 1 N–H and O–H groups in total. The van der Waals surface area contributed by atoms with Crippen molar-refractivity contribution in [2.75, 3.05) is 19.6 Å². The molecule has 1 fully saturated rings. The van der Waals surface area contributed by atoms with Gasteiger partial charge in [0.2, 0.25) is 0 Å². The number of nitrogens with one attached hydrogen (secondary N) is 1. The van der Waals surface area contributed by atoms with Crippen LogP contribution in [0.1, 0.15) is 6.92 Å². The predicted molar refractivity (Wildman–Crippen MR) is 75.5 cm³/mol. The Labute approximate surface area is 120 Å². The lowest BCUT2D eigenvalue weighted by molar-refractivity contribution is 0.311. The summed E-state index contributed by atoms with van der Waals surface area (Å²) in [5, 5.41) is 3.23. The Morgan fingerprint density at radius 2 is 2.24 bits per heavy atom. The Bertz CT molecular complexity index is 477. The highest BCUT2D eigenvalue weighted by Crippen LogP contribution is 2.28. The monoisotopic (exact) mass is 360 g/mol. The summed E-state index contributed by atoms with van der Waals surface area (Å²) < 4.78 is 27.3. The van der Waals surface area contributed by atoms with Gasteiger partial charge in [-0.3, -0.25) is 0 Å². The maximum absolute atomic E-state index is 12.2. The van der Waals surface area contributed by atoms with Gasteiger partial charge in [-0.25, -0.2) is 8.42 Å². The van der Waals surface area contributed by atoms with Gasteiger partial charge in [-0.05, 0) is 35.0 Å². The number of piperazine rings is 1. The van der Waals surface area contributed by atoms with Crippen molar-refractivity contribution in [3.63, 3.8) is 0 Å². The van der Waals surface area contributed by atoms with Crippen LogP contribution in [0.5, 0.6) is 0 Å². The zero-order valence-corrected chi connectivity index (χ0v) is 13.3. The van der Waals surface area contributed by atoms with Crippen molar-refractivity contribution >= 4 is 49.7 Å². The van der Waals surface area contributed by atoms with E-state index < -0.39 is 10.0 Å². The number of sulfonamides is 1. The third-order valence-corrected chi connectivity index (χ3v) is 6.43. The van der Waals surface area contributed by atoms with Crippen molar-refractivity contribution in [3.8, 4) is 0 Å². The molecule has 0 aliphatic carbocycles. The lowest BCUT2D eigenvalue weighted by atomic mass is 10.3. The largest absolute Gasteiger partial charge is 0.312 e. The summed E-state index contributed by atoms with van der Waals surface area (Å²) in [6.07, 6.45) is 0. The summed E-state index contributed by atoms with van der Waals surface area (Å²) >= 11 is 4.54. The van der Waals surface area contributed by atoms with Gasteiger partial charge in [-0.15, -0.1) is 23.7 Å². The van der Waals surface area contributed by atoms with E-state index in [-0.39, 0.29) is 18.4 Å². The molecule has 1 saturated heterocycles. The maximum Gasteiger partial charge on any atom is 0.252 e. The number of thiophene rings is 1. The maximum atomic E-state index is 12.2. The molecular formula is C9H14BrClN2O2S2. The molecule has 4 nitrogen and oxygen atoms in total. The molecular weight excluding hydrogens is 348 g/mol. The zero-order valence-electron chi connectivity index (χ0n) is 9.22. The number of hydrogen-bond donors (Lipinski definition) is 1. The molecule has 0 aromatic carbocycles. The van der Waals surface area contributed by atoms with Gasteiger partial charge in [0.15, 0.2) is 0 Å². The standard InChI is InChI=1S/C9H13BrN2O2S2.ClH/c1-7-6-12(5-4-11-7)16(13,14)9-3-2-8(10)15-9;/h2-3,7,11H,4-6H2,1H3;1H/t7-;/m0./s1. The van der Waals surface area contributed by atoms with Crippen molar-refractivity contribution in [2.24, 2.45) is 0 Å². The second-order valence-electron chi connectivity index (χ2n) is 3.78. The van der Waals surface area contributed by atoms with Gasteiger partial charge < -0.3 is 5.32 Å². The Kier molecular flexibility index (Phi) is 5.42. The minimum absolute atomic E-state index is 0. The lowest BCUT2D eigenvalue weighted by Gasteiger charge is -2.30. The average Bonchev–Trinajstić information content (AvgIpc) is 2.65. The Morgan fingerprint density at radius 1 is 1.53 bits per heavy atom. The first kappa shape index (κ1) is 15.4. The number of rotatable bonds is 2. The summed E-state index contributed by atoms with van der Waals surface area (Å²) in [6.45, 7) is 3.79. The van der Waals surface area contributed by atoms with E-state index in [4.69, 9.17) is 0 Å². The number of nitrogens with zero attached hydrogens (tertiary/aromatic N) is 1. The highest BCUT2D eigenvalue weighted by molar-refractivity contribution is 9.11. The summed E-state index contributed by atoms with van der Waals surface area (Å²) in [5.74, 6) is 0. The van der Waals surface area contributed by atoms with Crippen LogP contribution < -0.4 is 5.32 Å². The zero-order chi connectivity index (χ0) is 11.8. The number of hydrogen-bond acceptors (Lipinski definition) is 4. The third kappa shape index (κ3) is 3.42. The predicted octanol–water partition coefficient (Wildman–Crippen LogP) is 1.91. The van der Waals surface area contributed by atoms with Crippen molar-refractivity contribution in [2.45, 2.75) is 17.2 Å². The van der Waals surface area contributed by atoms with Crippen LogP contribution in [0.25, 0.3) is 0 Å². The summed E-state index contributed by atoms with van der Waals surface area (Å²) in [6, 6.07) is 3.63. The van der Waals surface area contributed by atoms with Crippen LogP contribution in [-0.4, -0.2) is 38.4 Å². The van der Waals surface area contributed by atoms with E-state index in [1.54, 1.807) is 16.4 Å². The normalized spacial score (nSPS) is 22.1. The highest BCUT2D eigenvalue weighted by Gasteiger charge is 2.29. The molecule has 2 heterocycles. The molecule has 2 rings (SSSR count). The molecule has 0 radical (unpaired) electrons. The molecule has 0 bridgehead atoms. The Balaban J connectivity index is 0.00000144. The lowest BCUT2D eigenvalue weighted by Crippen LogP contribution is -2.51. The van der Waals surface area contributed by atoms with Crippen LogP contribution in [0, 0.1) is 0 Å². The van der Waals surface area contributed by atoms with Gasteiger partial charge >= 0.3 is 0 Å². The van der Waals surface area contributed by atoms with Crippen LogP contribution in [0.2, 0.25) is 0 Å². The average molecular weight is 362 g/mol. The molecule has 17 heavy (non-hydrogen) atoms. The van der Waals surface area contributed by atoms with Crippen LogP contribution in [0.3, 0.4) is 0 Å². The van der Waals surface area contributed by atoms with Crippen LogP contribution in [-0.2, 0) is 10.0 Å². The van der Waals surface area contributed by atoms with E-state index in [0.29, 0.717) is 23.8 Å². The van der Waals surface area contributed by atoms with E-state index in [9.17, 15) is 8.42 Å². The van der Waals surface area contributed by atoms with Crippen molar-refractivity contribution in [3.05, 3.63) is 15.9 Å². The van der Waals surface area contributed by atoms with E-state index in [0.717, 1.165) is 3.79 Å². The van der Waals surface area contributed by atoms with Gasteiger partial charge in [0.1, 0.15) is 4.21 Å². The summed E-state index contributed by atoms with van der Waals surface area (Å²) in [7, 11) is -3.29. The number of halogens is 2. The molecule has 1 atom stereocenters. The van der Waals surface area contributed by atoms with Gasteiger partial charge in [-0.2, -0.15) is 4.31 Å². The van der Waals surface area contributed by atoms with Crippen molar-refractivity contribution < 1.29 is 8.42 Å². The first-order valence-electron chi connectivity index (χ1n) is 4.99. The van der Waals surface area contributed by atoms with E-state index in [2.05, 4.69) is 21.2 Å². The summed E-state index contributed by atoms with van der Waals surface area (Å²) in [4.78, 5) is 0. The molecule has 0 amide bonds. The molecule has 0 saturated carbocycles. The molecule has 1 aliphatic heterocycles. The second kappa shape index (κ2) is 5.99. The van der Waals surface area contributed by atoms with Crippen molar-refractivity contribution in [1.82, 2.24) is 9.62 Å².